The molecule has 1 aromatic rings. The number of rotatable bonds is 17. The summed E-state index contributed by atoms with van der Waals surface area (Å²) in [7, 11) is 0. The number of aromatic amines is 1. The molecule has 37 heavy (non-hydrogen) atoms. The van der Waals surface area contributed by atoms with Crippen molar-refractivity contribution in [3.05, 3.63) is 18.2 Å². The third-order valence-corrected chi connectivity index (χ3v) is 5.36. The molecule has 4 unspecified atom stereocenters. The lowest BCUT2D eigenvalue weighted by Gasteiger charge is -2.24. The molecular weight excluding hydrogens is 510 g/mol. The number of nitrogens with two attached hydrogens (primary N) is 3. The van der Waals surface area contributed by atoms with E-state index in [1.165, 1.54) is 12.5 Å². The number of aliphatic imine (C=N–C) groups is 1. The van der Waals surface area contributed by atoms with E-state index >= 15 is 0 Å². The fourth-order valence-electron chi connectivity index (χ4n) is 3.02. The molecule has 0 aliphatic heterocycles. The molecule has 0 saturated carbocycles. The van der Waals surface area contributed by atoms with E-state index in [1.807, 2.05) is 0 Å². The van der Waals surface area contributed by atoms with Crippen LogP contribution in [0.25, 0.3) is 0 Å². The second kappa shape index (κ2) is 16.0. The Bertz CT molecular complexity index is 954. The molecule has 4 atom stereocenters. The molecule has 0 aliphatic carbocycles. The van der Waals surface area contributed by atoms with Crippen molar-refractivity contribution in [2.45, 2.75) is 56.3 Å². The number of carbonyl (C=O) groups is 5. The fourth-order valence-corrected chi connectivity index (χ4v) is 3.28. The van der Waals surface area contributed by atoms with Crippen LogP contribution in [0.15, 0.2) is 17.5 Å². The van der Waals surface area contributed by atoms with Gasteiger partial charge in [-0.05, 0) is 19.3 Å². The van der Waals surface area contributed by atoms with E-state index in [-0.39, 0.29) is 37.5 Å². The number of amides is 3. The Kier molecular flexibility index (Phi) is 13.5. The zero-order chi connectivity index (χ0) is 28.0. The van der Waals surface area contributed by atoms with E-state index in [1.54, 1.807) is 0 Å². The highest BCUT2D eigenvalue weighted by Gasteiger charge is 2.30. The Hall–Kier alpha value is -3.86. The molecule has 12 N–H and O–H groups in total. The van der Waals surface area contributed by atoms with E-state index in [0.29, 0.717) is 12.1 Å². The first-order valence-corrected chi connectivity index (χ1v) is 11.8. The van der Waals surface area contributed by atoms with Crippen molar-refractivity contribution >= 4 is 48.2 Å². The zero-order valence-electron chi connectivity index (χ0n) is 19.9. The van der Waals surface area contributed by atoms with Crippen LogP contribution in [-0.2, 0) is 30.4 Å². The first kappa shape index (κ1) is 31.2. The Morgan fingerprint density at radius 1 is 1.00 bits per heavy atom. The lowest BCUT2D eigenvalue weighted by atomic mass is 10.1. The van der Waals surface area contributed by atoms with Crippen LogP contribution in [0.4, 0.5) is 0 Å². The van der Waals surface area contributed by atoms with Gasteiger partial charge in [-0.15, -0.1) is 0 Å². The highest BCUT2D eigenvalue weighted by atomic mass is 32.1. The van der Waals surface area contributed by atoms with Gasteiger partial charge in [-0.3, -0.25) is 24.2 Å². The maximum absolute atomic E-state index is 12.9. The van der Waals surface area contributed by atoms with Crippen molar-refractivity contribution in [2.24, 2.45) is 22.2 Å². The number of carboxylic acid groups (broad SMARTS) is 2. The summed E-state index contributed by atoms with van der Waals surface area (Å²) >= 11 is 4.09. The summed E-state index contributed by atoms with van der Waals surface area (Å²) in [5.74, 6) is -5.16. The van der Waals surface area contributed by atoms with Crippen LogP contribution in [-0.4, -0.2) is 92.3 Å². The van der Waals surface area contributed by atoms with Crippen LogP contribution in [0.3, 0.4) is 0 Å². The van der Waals surface area contributed by atoms with Gasteiger partial charge in [0.25, 0.3) is 0 Å². The first-order chi connectivity index (χ1) is 17.4. The largest absolute Gasteiger partial charge is 0.481 e. The summed E-state index contributed by atoms with van der Waals surface area (Å²) in [6.45, 7) is 0.272. The molecule has 0 bridgehead atoms. The van der Waals surface area contributed by atoms with E-state index in [0.717, 1.165) is 0 Å². The van der Waals surface area contributed by atoms with Crippen LogP contribution in [0, 0.1) is 0 Å². The van der Waals surface area contributed by atoms with Gasteiger partial charge in [0.15, 0.2) is 5.96 Å². The van der Waals surface area contributed by atoms with Gasteiger partial charge in [-0.25, -0.2) is 9.78 Å². The average molecular weight is 544 g/mol. The Morgan fingerprint density at radius 2 is 1.62 bits per heavy atom. The maximum atomic E-state index is 12.9. The van der Waals surface area contributed by atoms with Crippen LogP contribution in [0.5, 0.6) is 0 Å². The average Bonchev–Trinajstić information content (AvgIpc) is 3.34. The molecule has 0 fully saturated rings. The molecule has 17 heteroatoms. The molecule has 0 saturated heterocycles. The zero-order valence-corrected chi connectivity index (χ0v) is 20.8. The molecule has 1 heterocycles. The number of nitrogens with one attached hydrogen (secondary N) is 4. The molecule has 0 aliphatic rings. The first-order valence-electron chi connectivity index (χ1n) is 11.2. The summed E-state index contributed by atoms with van der Waals surface area (Å²) in [6.07, 6.45) is 2.46. The van der Waals surface area contributed by atoms with Crippen molar-refractivity contribution in [3.8, 4) is 0 Å². The minimum atomic E-state index is -1.50. The SMILES string of the molecule is NC(N)=NCCCC(N)C(=O)NC(CS)C(=O)NC(Cc1cnc[nH]1)C(=O)NC(CCC(=O)O)C(=O)O. The number of thiol groups is 1. The third kappa shape index (κ3) is 12.1. The summed E-state index contributed by atoms with van der Waals surface area (Å²) in [5.41, 5.74) is 16.8. The number of aromatic nitrogens is 2. The normalized spacial score (nSPS) is 13.9. The molecular formula is C20H33N9O7S. The molecule has 3 amide bonds. The topological polar surface area (TPSA) is 281 Å². The van der Waals surface area contributed by atoms with Gasteiger partial charge in [0.1, 0.15) is 18.1 Å². The smallest absolute Gasteiger partial charge is 0.326 e. The number of aliphatic carboxylic acids is 2. The summed E-state index contributed by atoms with van der Waals surface area (Å²) in [4.78, 5) is 70.9. The predicted octanol–water partition coefficient (Wildman–Crippen LogP) is -3.33. The van der Waals surface area contributed by atoms with Gasteiger partial charge in [-0.2, -0.15) is 12.6 Å². The Balaban J connectivity index is 2.87. The maximum Gasteiger partial charge on any atom is 0.326 e. The third-order valence-electron chi connectivity index (χ3n) is 4.99. The number of H-pyrrole nitrogens is 1. The van der Waals surface area contributed by atoms with E-state index < -0.39 is 60.2 Å². The van der Waals surface area contributed by atoms with Crippen LogP contribution >= 0.6 is 12.6 Å². The van der Waals surface area contributed by atoms with E-state index in [4.69, 9.17) is 22.3 Å². The van der Waals surface area contributed by atoms with Crippen LogP contribution in [0.1, 0.15) is 31.4 Å². The molecule has 16 nitrogen and oxygen atoms in total. The van der Waals surface area contributed by atoms with Gasteiger partial charge < -0.3 is 48.3 Å². The van der Waals surface area contributed by atoms with Crippen LogP contribution < -0.4 is 33.2 Å². The lowest BCUT2D eigenvalue weighted by molar-refractivity contribution is -0.143. The Morgan fingerprint density at radius 3 is 2.16 bits per heavy atom. The minimum Gasteiger partial charge on any atom is -0.481 e. The van der Waals surface area contributed by atoms with Crippen molar-refractivity contribution in [2.75, 3.05) is 12.3 Å². The van der Waals surface area contributed by atoms with Crippen LogP contribution in [0.2, 0.25) is 0 Å². The lowest BCUT2D eigenvalue weighted by Crippen LogP contribution is -2.58. The molecule has 206 valence electrons. The summed E-state index contributed by atoms with van der Waals surface area (Å²) in [5, 5.41) is 25.3. The Labute approximate surface area is 217 Å². The number of hydrogen-bond donors (Lipinski definition) is 10. The standard InChI is InChI=1S/C20H33N9O7S/c21-11(2-1-5-25-20(22)23)16(32)29-14(8-37)18(34)28-13(6-10-7-24-9-26-10)17(33)27-12(19(35)36)3-4-15(30)31/h7,9,11-14,37H,1-6,8,21H2,(H,24,26)(H,27,33)(H,28,34)(H,29,32)(H,30,31)(H,35,36)(H4,22,23,25). The van der Waals surface area contributed by atoms with Gasteiger partial charge in [0, 0.05) is 37.0 Å². The minimum absolute atomic E-state index is 0.0879. The molecule has 1 aromatic heterocycles. The van der Waals surface area contributed by atoms with Gasteiger partial charge in [0.2, 0.25) is 17.7 Å². The quantitative estimate of drug-likeness (QED) is 0.0401. The van der Waals surface area contributed by atoms with Gasteiger partial charge in [0.05, 0.1) is 12.4 Å². The highest BCUT2D eigenvalue weighted by molar-refractivity contribution is 7.80. The van der Waals surface area contributed by atoms with E-state index in [9.17, 15) is 29.1 Å². The van der Waals surface area contributed by atoms with Gasteiger partial charge in [-0.1, -0.05) is 0 Å². The number of nitrogens with zero attached hydrogens (tertiary/aromatic N) is 2. The molecule has 1 rings (SSSR count). The number of carboxylic acids is 2. The van der Waals surface area contributed by atoms with Crippen molar-refractivity contribution in [3.63, 3.8) is 0 Å². The highest BCUT2D eigenvalue weighted by Crippen LogP contribution is 2.05. The number of carbonyl (C=O) groups excluding carboxylic acids is 3. The molecule has 0 spiro atoms. The van der Waals surface area contributed by atoms with E-state index in [2.05, 4.69) is 43.5 Å². The van der Waals surface area contributed by atoms with Gasteiger partial charge >= 0.3 is 11.9 Å². The van der Waals surface area contributed by atoms with Crippen molar-refractivity contribution in [1.82, 2.24) is 25.9 Å². The molecule has 0 aromatic carbocycles. The number of imidazole rings is 1. The van der Waals surface area contributed by atoms with Crippen molar-refractivity contribution in [1.29, 1.82) is 0 Å². The summed E-state index contributed by atoms with van der Waals surface area (Å²) in [6, 6.07) is -4.91. The fraction of sp³-hybridized carbons (Fsp3) is 0.550. The van der Waals surface area contributed by atoms with Crippen molar-refractivity contribution < 1.29 is 34.2 Å². The second-order valence-corrected chi connectivity index (χ2v) is 8.34. The molecule has 0 radical (unpaired) electrons. The number of guanidine groups is 1. The predicted molar refractivity (Wildman–Crippen MR) is 134 cm³/mol. The summed E-state index contributed by atoms with van der Waals surface area (Å²) < 4.78 is 0. The monoisotopic (exact) mass is 543 g/mol. The number of hydrogen-bond acceptors (Lipinski definition) is 9. The second-order valence-electron chi connectivity index (χ2n) is 7.97.